The lowest BCUT2D eigenvalue weighted by Gasteiger charge is -2.20. The van der Waals surface area contributed by atoms with Crippen molar-refractivity contribution in [1.29, 1.82) is 0 Å². The molecular formula is C16H23NO3. The first-order valence-corrected chi connectivity index (χ1v) is 7.51. The second-order valence-corrected chi connectivity index (χ2v) is 5.74. The van der Waals surface area contributed by atoms with E-state index in [2.05, 4.69) is 31.3 Å². The molecule has 3 rings (SSSR count). The molecule has 4 heteroatoms. The van der Waals surface area contributed by atoms with E-state index in [1.165, 1.54) is 0 Å². The molecular weight excluding hydrogens is 254 g/mol. The second-order valence-electron chi connectivity index (χ2n) is 5.74. The Morgan fingerprint density at radius 2 is 1.90 bits per heavy atom. The van der Waals surface area contributed by atoms with Gasteiger partial charge in [-0.3, -0.25) is 0 Å². The molecule has 1 saturated heterocycles. The number of nitrogens with one attached hydrogen (secondary N) is 1. The van der Waals surface area contributed by atoms with E-state index in [0.717, 1.165) is 43.1 Å². The van der Waals surface area contributed by atoms with E-state index in [1.54, 1.807) is 0 Å². The number of fused-ring (bicyclic) bond motifs is 1. The quantitative estimate of drug-likeness (QED) is 0.856. The highest BCUT2D eigenvalue weighted by atomic mass is 16.5. The summed E-state index contributed by atoms with van der Waals surface area (Å²) in [4.78, 5) is 0. The summed E-state index contributed by atoms with van der Waals surface area (Å²) < 4.78 is 17.6. The Morgan fingerprint density at radius 3 is 2.75 bits per heavy atom. The summed E-state index contributed by atoms with van der Waals surface area (Å²) in [6, 6.07) is 6.65. The number of ether oxygens (including phenoxy) is 3. The SMILES string of the molecule is CC1CC(C)OC(c2ccc3c(c2)OCCCO3)CN1. The van der Waals surface area contributed by atoms with Gasteiger partial charge in [-0.1, -0.05) is 6.07 Å². The predicted molar refractivity (Wildman–Crippen MR) is 77.4 cm³/mol. The van der Waals surface area contributed by atoms with Crippen molar-refractivity contribution < 1.29 is 14.2 Å². The topological polar surface area (TPSA) is 39.7 Å². The minimum absolute atomic E-state index is 0.0760. The lowest BCUT2D eigenvalue weighted by molar-refractivity contribution is 0.00705. The number of rotatable bonds is 1. The molecule has 1 aromatic rings. The van der Waals surface area contributed by atoms with Crippen molar-refractivity contribution in [3.05, 3.63) is 23.8 Å². The number of hydrogen-bond donors (Lipinski definition) is 1. The lowest BCUT2D eigenvalue weighted by Crippen LogP contribution is -2.27. The summed E-state index contributed by atoms with van der Waals surface area (Å²) in [7, 11) is 0. The van der Waals surface area contributed by atoms with Gasteiger partial charge in [0.2, 0.25) is 0 Å². The van der Waals surface area contributed by atoms with Gasteiger partial charge < -0.3 is 19.5 Å². The van der Waals surface area contributed by atoms with Crippen molar-refractivity contribution in [2.45, 2.75) is 44.9 Å². The van der Waals surface area contributed by atoms with Crippen molar-refractivity contribution in [2.75, 3.05) is 19.8 Å². The zero-order chi connectivity index (χ0) is 13.9. The van der Waals surface area contributed by atoms with Crippen LogP contribution in [0.3, 0.4) is 0 Å². The van der Waals surface area contributed by atoms with Crippen LogP contribution in [0, 0.1) is 0 Å². The summed E-state index contributed by atoms with van der Waals surface area (Å²) in [5.41, 5.74) is 1.16. The van der Waals surface area contributed by atoms with E-state index in [4.69, 9.17) is 14.2 Å². The van der Waals surface area contributed by atoms with E-state index in [9.17, 15) is 0 Å². The number of hydrogen-bond acceptors (Lipinski definition) is 4. The second kappa shape index (κ2) is 6.02. The van der Waals surface area contributed by atoms with Crippen LogP contribution in [-0.4, -0.2) is 31.9 Å². The molecule has 1 N–H and O–H groups in total. The van der Waals surface area contributed by atoms with Crippen LogP contribution in [0.15, 0.2) is 18.2 Å². The molecule has 0 saturated carbocycles. The summed E-state index contributed by atoms with van der Waals surface area (Å²) >= 11 is 0. The molecule has 0 aromatic heterocycles. The van der Waals surface area contributed by atoms with Gasteiger partial charge in [-0.2, -0.15) is 0 Å². The largest absolute Gasteiger partial charge is 0.490 e. The fourth-order valence-electron chi connectivity index (χ4n) is 2.85. The van der Waals surface area contributed by atoms with Crippen LogP contribution in [0.25, 0.3) is 0 Å². The monoisotopic (exact) mass is 277 g/mol. The van der Waals surface area contributed by atoms with Crippen molar-refractivity contribution in [3.63, 3.8) is 0 Å². The Kier molecular flexibility index (Phi) is 4.13. The Hall–Kier alpha value is -1.26. The Labute approximate surface area is 120 Å². The van der Waals surface area contributed by atoms with Crippen molar-refractivity contribution in [1.82, 2.24) is 5.32 Å². The molecule has 2 heterocycles. The molecule has 2 aliphatic rings. The molecule has 0 spiro atoms. The summed E-state index contributed by atoms with van der Waals surface area (Å²) in [6.45, 7) is 6.62. The first-order chi connectivity index (χ1) is 9.72. The lowest BCUT2D eigenvalue weighted by atomic mass is 10.1. The molecule has 2 aliphatic heterocycles. The van der Waals surface area contributed by atoms with Gasteiger partial charge in [0.05, 0.1) is 25.4 Å². The van der Waals surface area contributed by atoms with Gasteiger partial charge in [0.15, 0.2) is 11.5 Å². The van der Waals surface area contributed by atoms with E-state index in [1.807, 2.05) is 6.07 Å². The van der Waals surface area contributed by atoms with Crippen LogP contribution >= 0.6 is 0 Å². The molecule has 3 unspecified atom stereocenters. The Morgan fingerprint density at radius 1 is 1.10 bits per heavy atom. The molecule has 0 bridgehead atoms. The van der Waals surface area contributed by atoms with Crippen LogP contribution in [0.5, 0.6) is 11.5 Å². The molecule has 1 fully saturated rings. The maximum absolute atomic E-state index is 6.13. The van der Waals surface area contributed by atoms with E-state index >= 15 is 0 Å². The highest BCUT2D eigenvalue weighted by Crippen LogP contribution is 2.34. The van der Waals surface area contributed by atoms with Gasteiger partial charge in [0.1, 0.15) is 0 Å². The third-order valence-corrected chi connectivity index (χ3v) is 3.88. The standard InChI is InChI=1S/C16H23NO3/c1-11-8-12(2)20-16(10-17-11)13-4-5-14-15(9-13)19-7-3-6-18-14/h4-5,9,11-12,16-17H,3,6-8,10H2,1-2H3. The first-order valence-electron chi connectivity index (χ1n) is 7.51. The van der Waals surface area contributed by atoms with Gasteiger partial charge in [-0.05, 0) is 38.0 Å². The molecule has 1 aromatic carbocycles. The van der Waals surface area contributed by atoms with Crippen molar-refractivity contribution in [2.24, 2.45) is 0 Å². The minimum Gasteiger partial charge on any atom is -0.490 e. The maximum Gasteiger partial charge on any atom is 0.161 e. The fraction of sp³-hybridized carbons (Fsp3) is 0.625. The van der Waals surface area contributed by atoms with Crippen molar-refractivity contribution >= 4 is 0 Å². The van der Waals surface area contributed by atoms with Crippen LogP contribution in [0.2, 0.25) is 0 Å². The molecule has 4 nitrogen and oxygen atoms in total. The Balaban J connectivity index is 1.81. The fourth-order valence-corrected chi connectivity index (χ4v) is 2.85. The first kappa shape index (κ1) is 13.7. The highest BCUT2D eigenvalue weighted by Gasteiger charge is 2.23. The summed E-state index contributed by atoms with van der Waals surface area (Å²) in [6.07, 6.45) is 2.31. The van der Waals surface area contributed by atoms with E-state index in [0.29, 0.717) is 12.6 Å². The van der Waals surface area contributed by atoms with Gasteiger partial charge in [-0.25, -0.2) is 0 Å². The van der Waals surface area contributed by atoms with Crippen LogP contribution < -0.4 is 14.8 Å². The molecule has 0 radical (unpaired) electrons. The molecule has 3 atom stereocenters. The molecule has 0 amide bonds. The third-order valence-electron chi connectivity index (χ3n) is 3.88. The smallest absolute Gasteiger partial charge is 0.161 e. The van der Waals surface area contributed by atoms with Crippen LogP contribution in [0.1, 0.15) is 38.4 Å². The van der Waals surface area contributed by atoms with Gasteiger partial charge in [0.25, 0.3) is 0 Å². The summed E-state index contributed by atoms with van der Waals surface area (Å²) in [5, 5.41) is 3.52. The van der Waals surface area contributed by atoms with E-state index < -0.39 is 0 Å². The highest BCUT2D eigenvalue weighted by molar-refractivity contribution is 5.44. The Bertz CT molecular complexity index is 463. The molecule has 20 heavy (non-hydrogen) atoms. The molecule has 0 aliphatic carbocycles. The van der Waals surface area contributed by atoms with Crippen LogP contribution in [0.4, 0.5) is 0 Å². The van der Waals surface area contributed by atoms with Crippen LogP contribution in [-0.2, 0) is 4.74 Å². The predicted octanol–water partition coefficient (Wildman–Crippen LogP) is 2.68. The third kappa shape index (κ3) is 3.07. The normalized spacial score (nSPS) is 30.4. The van der Waals surface area contributed by atoms with Gasteiger partial charge in [-0.15, -0.1) is 0 Å². The minimum atomic E-state index is 0.0760. The average Bonchev–Trinajstić information content (AvgIpc) is 2.75. The maximum atomic E-state index is 6.13. The zero-order valence-corrected chi connectivity index (χ0v) is 12.2. The zero-order valence-electron chi connectivity index (χ0n) is 12.2. The van der Waals surface area contributed by atoms with Gasteiger partial charge in [0, 0.05) is 19.0 Å². The summed E-state index contributed by atoms with van der Waals surface area (Å²) in [5.74, 6) is 1.68. The van der Waals surface area contributed by atoms with Crippen molar-refractivity contribution in [3.8, 4) is 11.5 Å². The van der Waals surface area contributed by atoms with E-state index in [-0.39, 0.29) is 12.2 Å². The molecule has 110 valence electrons. The van der Waals surface area contributed by atoms with Gasteiger partial charge >= 0.3 is 0 Å². The average molecular weight is 277 g/mol. The number of benzene rings is 1.